The molecule has 0 aromatic heterocycles. The van der Waals surface area contributed by atoms with Crippen molar-refractivity contribution < 1.29 is 9.90 Å². The van der Waals surface area contributed by atoms with Crippen molar-refractivity contribution >= 4 is 27.6 Å². The lowest BCUT2D eigenvalue weighted by atomic mass is 9.72. The number of rotatable bonds is 3. The minimum Gasteiger partial charge on any atom is -0.481 e. The van der Waals surface area contributed by atoms with E-state index in [-0.39, 0.29) is 17.8 Å². The van der Waals surface area contributed by atoms with E-state index in [1.54, 1.807) is 0 Å². The Morgan fingerprint density at radius 3 is 2.84 bits per heavy atom. The van der Waals surface area contributed by atoms with Crippen LogP contribution in [-0.2, 0) is 4.79 Å². The number of piperidine rings is 1. The molecule has 1 aliphatic heterocycles. The van der Waals surface area contributed by atoms with Crippen molar-refractivity contribution in [3.63, 3.8) is 0 Å². The minimum absolute atomic E-state index is 0.0267. The smallest absolute Gasteiger partial charge is 0.303 e. The molecule has 0 saturated carbocycles. The van der Waals surface area contributed by atoms with Crippen LogP contribution >= 0.6 is 15.9 Å². The van der Waals surface area contributed by atoms with Crippen LogP contribution < -0.4 is 4.90 Å². The number of carboxylic acid groups (broad SMARTS) is 1. The van der Waals surface area contributed by atoms with Crippen LogP contribution in [0.1, 0.15) is 26.7 Å². The van der Waals surface area contributed by atoms with Gasteiger partial charge in [0.05, 0.1) is 0 Å². The van der Waals surface area contributed by atoms with Crippen LogP contribution in [0.5, 0.6) is 0 Å². The largest absolute Gasteiger partial charge is 0.481 e. The van der Waals surface area contributed by atoms with E-state index in [1.807, 2.05) is 12.1 Å². The number of carbonyl (C=O) groups is 1. The van der Waals surface area contributed by atoms with Crippen molar-refractivity contribution in [3.8, 4) is 0 Å². The van der Waals surface area contributed by atoms with E-state index in [9.17, 15) is 4.79 Å². The highest BCUT2D eigenvalue weighted by atomic mass is 79.9. The highest BCUT2D eigenvalue weighted by Crippen LogP contribution is 2.39. The monoisotopic (exact) mass is 325 g/mol. The summed E-state index contributed by atoms with van der Waals surface area (Å²) in [5, 5.41) is 9.00. The van der Waals surface area contributed by atoms with Gasteiger partial charge in [0.25, 0.3) is 0 Å². The summed E-state index contributed by atoms with van der Waals surface area (Å²) in [5.41, 5.74) is 1.23. The molecule has 1 saturated heterocycles. The maximum absolute atomic E-state index is 10.9. The predicted molar refractivity (Wildman–Crippen MR) is 80.5 cm³/mol. The van der Waals surface area contributed by atoms with Gasteiger partial charge in [-0.25, -0.2) is 0 Å². The topological polar surface area (TPSA) is 40.5 Å². The number of nitrogens with zero attached hydrogens (tertiary/aromatic N) is 1. The van der Waals surface area contributed by atoms with E-state index < -0.39 is 5.97 Å². The molecule has 1 heterocycles. The number of aliphatic carboxylic acids is 1. The molecule has 1 N–H and O–H groups in total. The van der Waals surface area contributed by atoms with Gasteiger partial charge in [-0.15, -0.1) is 0 Å². The fourth-order valence-corrected chi connectivity index (χ4v) is 3.27. The van der Waals surface area contributed by atoms with Crippen molar-refractivity contribution in [2.45, 2.75) is 26.7 Å². The maximum atomic E-state index is 10.9. The van der Waals surface area contributed by atoms with Crippen LogP contribution in [0.2, 0.25) is 0 Å². The fraction of sp³-hybridized carbons (Fsp3) is 0.533. The lowest BCUT2D eigenvalue weighted by Gasteiger charge is -2.45. The summed E-state index contributed by atoms with van der Waals surface area (Å²) in [7, 11) is 0. The average Bonchev–Trinajstić information content (AvgIpc) is 2.31. The van der Waals surface area contributed by atoms with Gasteiger partial charge in [0.2, 0.25) is 0 Å². The third-order valence-corrected chi connectivity index (χ3v) is 4.54. The molecule has 19 heavy (non-hydrogen) atoms. The fourth-order valence-electron chi connectivity index (χ4n) is 2.88. The van der Waals surface area contributed by atoms with Crippen LogP contribution in [0.3, 0.4) is 0 Å². The summed E-state index contributed by atoms with van der Waals surface area (Å²) in [5.74, 6) is -0.428. The molecule has 1 atom stereocenters. The van der Waals surface area contributed by atoms with Gasteiger partial charge in [-0.2, -0.15) is 0 Å². The van der Waals surface area contributed by atoms with Crippen LogP contribution in [0.15, 0.2) is 28.7 Å². The molecule has 0 spiro atoms. The standard InChI is InChI=1S/C15H20BrNO2/c1-15(2)10-17(7-6-11(15)8-14(18)19)13-5-3-4-12(16)9-13/h3-5,9,11H,6-8,10H2,1-2H3,(H,18,19). The lowest BCUT2D eigenvalue weighted by Crippen LogP contribution is -2.46. The zero-order valence-electron chi connectivity index (χ0n) is 11.4. The van der Waals surface area contributed by atoms with E-state index in [0.29, 0.717) is 0 Å². The minimum atomic E-state index is -0.686. The van der Waals surface area contributed by atoms with Gasteiger partial charge in [-0.3, -0.25) is 4.79 Å². The van der Waals surface area contributed by atoms with Gasteiger partial charge in [0.1, 0.15) is 0 Å². The van der Waals surface area contributed by atoms with Crippen molar-refractivity contribution in [1.29, 1.82) is 0 Å². The normalized spacial score (nSPS) is 22.3. The number of benzene rings is 1. The Bertz CT molecular complexity index is 473. The Balaban J connectivity index is 2.11. The molecule has 1 aliphatic rings. The predicted octanol–water partition coefficient (Wildman–Crippen LogP) is 3.78. The molecule has 1 unspecified atom stereocenters. The molecule has 0 aliphatic carbocycles. The molecule has 2 rings (SSSR count). The van der Waals surface area contributed by atoms with E-state index in [4.69, 9.17) is 5.11 Å². The number of hydrogen-bond acceptors (Lipinski definition) is 2. The van der Waals surface area contributed by atoms with Crippen molar-refractivity contribution in [2.75, 3.05) is 18.0 Å². The molecular formula is C15H20BrNO2. The molecule has 0 radical (unpaired) electrons. The number of halogens is 1. The first-order valence-electron chi connectivity index (χ1n) is 6.61. The summed E-state index contributed by atoms with van der Waals surface area (Å²) in [4.78, 5) is 13.3. The van der Waals surface area contributed by atoms with Crippen molar-refractivity contribution in [3.05, 3.63) is 28.7 Å². The zero-order chi connectivity index (χ0) is 14.0. The molecular weight excluding hydrogens is 306 g/mol. The highest BCUT2D eigenvalue weighted by Gasteiger charge is 2.36. The number of carboxylic acids is 1. The Morgan fingerprint density at radius 2 is 2.26 bits per heavy atom. The quantitative estimate of drug-likeness (QED) is 0.919. The second-order valence-corrected chi connectivity index (χ2v) is 6.89. The van der Waals surface area contributed by atoms with E-state index in [1.165, 1.54) is 5.69 Å². The summed E-state index contributed by atoms with van der Waals surface area (Å²) in [6, 6.07) is 8.29. The second kappa shape index (κ2) is 5.53. The molecule has 104 valence electrons. The van der Waals surface area contributed by atoms with Crippen LogP contribution in [0, 0.1) is 11.3 Å². The Morgan fingerprint density at radius 1 is 1.53 bits per heavy atom. The lowest BCUT2D eigenvalue weighted by molar-refractivity contribution is -0.139. The Hall–Kier alpha value is -1.03. The van der Waals surface area contributed by atoms with Crippen LogP contribution in [-0.4, -0.2) is 24.2 Å². The van der Waals surface area contributed by atoms with Crippen molar-refractivity contribution in [2.24, 2.45) is 11.3 Å². The van der Waals surface area contributed by atoms with Gasteiger partial charge in [-0.05, 0) is 36.0 Å². The average molecular weight is 326 g/mol. The third kappa shape index (κ3) is 3.50. The Kier molecular flexibility index (Phi) is 4.19. The van der Waals surface area contributed by atoms with E-state index in [0.717, 1.165) is 24.0 Å². The first kappa shape index (κ1) is 14.4. The first-order chi connectivity index (χ1) is 8.88. The van der Waals surface area contributed by atoms with Gasteiger partial charge in [-0.1, -0.05) is 35.8 Å². The summed E-state index contributed by atoms with van der Waals surface area (Å²) in [6.07, 6.45) is 1.21. The number of hydrogen-bond donors (Lipinski definition) is 1. The molecule has 1 aromatic rings. The van der Waals surface area contributed by atoms with Crippen molar-refractivity contribution in [1.82, 2.24) is 0 Å². The van der Waals surface area contributed by atoms with Gasteiger partial charge in [0, 0.05) is 29.7 Å². The maximum Gasteiger partial charge on any atom is 0.303 e. The van der Waals surface area contributed by atoms with E-state index in [2.05, 4.69) is 46.8 Å². The van der Waals surface area contributed by atoms with Gasteiger partial charge in [0.15, 0.2) is 0 Å². The second-order valence-electron chi connectivity index (χ2n) is 5.97. The zero-order valence-corrected chi connectivity index (χ0v) is 13.0. The van der Waals surface area contributed by atoms with Gasteiger partial charge < -0.3 is 10.0 Å². The molecule has 4 heteroatoms. The molecule has 3 nitrogen and oxygen atoms in total. The summed E-state index contributed by atoms with van der Waals surface area (Å²) < 4.78 is 1.08. The number of anilines is 1. The van der Waals surface area contributed by atoms with Crippen LogP contribution in [0.4, 0.5) is 5.69 Å². The molecule has 0 bridgehead atoms. The third-order valence-electron chi connectivity index (χ3n) is 4.05. The molecule has 1 aromatic carbocycles. The summed E-state index contributed by atoms with van der Waals surface area (Å²) >= 11 is 3.50. The molecule has 0 amide bonds. The highest BCUT2D eigenvalue weighted by molar-refractivity contribution is 9.10. The molecule has 1 fully saturated rings. The van der Waals surface area contributed by atoms with Gasteiger partial charge >= 0.3 is 5.97 Å². The Labute approximate surface area is 122 Å². The van der Waals surface area contributed by atoms with Crippen LogP contribution in [0.25, 0.3) is 0 Å². The first-order valence-corrected chi connectivity index (χ1v) is 7.40. The SMILES string of the molecule is CC1(C)CN(c2cccc(Br)c2)CCC1CC(=O)O. The van der Waals surface area contributed by atoms with E-state index >= 15 is 0 Å². The summed E-state index contributed by atoms with van der Waals surface area (Å²) in [6.45, 7) is 6.18.